The number of nitrogens with one attached hydrogen (secondary N) is 1. The highest BCUT2D eigenvalue weighted by molar-refractivity contribution is 7.13. The molecule has 1 aliphatic rings. The van der Waals surface area contributed by atoms with E-state index in [4.69, 9.17) is 4.74 Å². The SMILES string of the molecule is CCOC(=O)CCc1csc(NC2CCC(CC)C2C)n1. The molecule has 1 aromatic rings. The van der Waals surface area contributed by atoms with E-state index >= 15 is 0 Å². The number of carbonyl (C=O) groups is 1. The van der Waals surface area contributed by atoms with Crippen LogP contribution >= 0.6 is 11.3 Å². The zero-order valence-corrected chi connectivity index (χ0v) is 14.0. The van der Waals surface area contributed by atoms with Gasteiger partial charge in [0.1, 0.15) is 0 Å². The van der Waals surface area contributed by atoms with Crippen molar-refractivity contribution in [2.75, 3.05) is 11.9 Å². The molecule has 0 radical (unpaired) electrons. The topological polar surface area (TPSA) is 51.2 Å². The van der Waals surface area contributed by atoms with Crippen molar-refractivity contribution in [1.82, 2.24) is 4.98 Å². The lowest BCUT2D eigenvalue weighted by molar-refractivity contribution is -0.143. The molecule has 1 N–H and O–H groups in total. The van der Waals surface area contributed by atoms with Gasteiger partial charge >= 0.3 is 5.97 Å². The average molecular weight is 310 g/mol. The molecule has 3 unspecified atom stereocenters. The Labute approximate surface area is 131 Å². The molecule has 4 nitrogen and oxygen atoms in total. The second-order valence-electron chi connectivity index (χ2n) is 5.80. The van der Waals surface area contributed by atoms with Crippen LogP contribution in [-0.2, 0) is 16.0 Å². The minimum absolute atomic E-state index is 0.143. The highest BCUT2D eigenvalue weighted by atomic mass is 32.1. The Kier molecular flexibility index (Phi) is 6.03. The maximum Gasteiger partial charge on any atom is 0.306 e. The zero-order valence-electron chi connectivity index (χ0n) is 13.2. The summed E-state index contributed by atoms with van der Waals surface area (Å²) in [6.45, 7) is 6.89. The van der Waals surface area contributed by atoms with Gasteiger partial charge in [0.25, 0.3) is 0 Å². The zero-order chi connectivity index (χ0) is 15.2. The summed E-state index contributed by atoms with van der Waals surface area (Å²) in [5.41, 5.74) is 0.980. The number of ether oxygens (including phenoxy) is 1. The molecule has 21 heavy (non-hydrogen) atoms. The van der Waals surface area contributed by atoms with Crippen molar-refractivity contribution in [3.63, 3.8) is 0 Å². The van der Waals surface area contributed by atoms with Gasteiger partial charge in [-0.05, 0) is 31.6 Å². The summed E-state index contributed by atoms with van der Waals surface area (Å²) < 4.78 is 4.94. The summed E-state index contributed by atoms with van der Waals surface area (Å²) in [6.07, 6.45) is 4.89. The normalized spacial score (nSPS) is 25.0. The van der Waals surface area contributed by atoms with Crippen LogP contribution in [-0.4, -0.2) is 23.6 Å². The van der Waals surface area contributed by atoms with Crippen LogP contribution in [0.25, 0.3) is 0 Å². The van der Waals surface area contributed by atoms with Gasteiger partial charge in [-0.3, -0.25) is 4.79 Å². The van der Waals surface area contributed by atoms with Crippen molar-refractivity contribution >= 4 is 22.4 Å². The van der Waals surface area contributed by atoms with Crippen molar-refractivity contribution < 1.29 is 9.53 Å². The number of rotatable bonds is 7. The highest BCUT2D eigenvalue weighted by Gasteiger charge is 2.31. The Balaban J connectivity index is 1.82. The number of thiazole rings is 1. The quantitative estimate of drug-likeness (QED) is 0.777. The first-order chi connectivity index (χ1) is 10.1. The minimum Gasteiger partial charge on any atom is -0.466 e. The molecule has 3 atom stereocenters. The fourth-order valence-corrected chi connectivity index (χ4v) is 3.95. The van der Waals surface area contributed by atoms with Crippen molar-refractivity contribution in [2.24, 2.45) is 11.8 Å². The van der Waals surface area contributed by atoms with E-state index in [9.17, 15) is 4.79 Å². The average Bonchev–Trinajstić information content (AvgIpc) is 3.05. The van der Waals surface area contributed by atoms with Gasteiger partial charge in [-0.25, -0.2) is 4.98 Å². The lowest BCUT2D eigenvalue weighted by atomic mass is 9.94. The van der Waals surface area contributed by atoms with Gasteiger partial charge in [-0.1, -0.05) is 20.3 Å². The number of aryl methyl sites for hydroxylation is 1. The van der Waals surface area contributed by atoms with Crippen LogP contribution in [0.3, 0.4) is 0 Å². The summed E-state index contributed by atoms with van der Waals surface area (Å²) >= 11 is 1.64. The monoisotopic (exact) mass is 310 g/mol. The Morgan fingerprint density at radius 2 is 2.29 bits per heavy atom. The number of anilines is 1. The van der Waals surface area contributed by atoms with Crippen LogP contribution in [0.15, 0.2) is 5.38 Å². The van der Waals surface area contributed by atoms with Crippen molar-refractivity contribution in [3.05, 3.63) is 11.1 Å². The molecule has 118 valence electrons. The number of carbonyl (C=O) groups excluding carboxylic acids is 1. The van der Waals surface area contributed by atoms with Crippen LogP contribution in [0, 0.1) is 11.8 Å². The second-order valence-corrected chi connectivity index (χ2v) is 6.66. The van der Waals surface area contributed by atoms with E-state index in [1.807, 2.05) is 12.3 Å². The molecule has 1 saturated carbocycles. The van der Waals surface area contributed by atoms with Crippen molar-refractivity contribution in [3.8, 4) is 0 Å². The Bertz CT molecular complexity index is 461. The molecule has 0 aliphatic heterocycles. The van der Waals surface area contributed by atoms with E-state index in [0.717, 1.165) is 16.7 Å². The molecule has 0 bridgehead atoms. The van der Waals surface area contributed by atoms with E-state index < -0.39 is 0 Å². The number of aromatic nitrogens is 1. The maximum absolute atomic E-state index is 11.4. The summed E-state index contributed by atoms with van der Waals surface area (Å²) in [4.78, 5) is 15.9. The smallest absolute Gasteiger partial charge is 0.306 e. The van der Waals surface area contributed by atoms with Gasteiger partial charge < -0.3 is 10.1 Å². The summed E-state index contributed by atoms with van der Waals surface area (Å²) in [7, 11) is 0. The fourth-order valence-electron chi connectivity index (χ4n) is 3.14. The molecule has 1 fully saturated rings. The third-order valence-electron chi connectivity index (χ3n) is 4.50. The first-order valence-corrected chi connectivity index (χ1v) is 8.88. The maximum atomic E-state index is 11.4. The number of hydrogen-bond donors (Lipinski definition) is 1. The Hall–Kier alpha value is -1.10. The molecule has 0 spiro atoms. The molecule has 0 amide bonds. The van der Waals surface area contributed by atoms with Gasteiger partial charge in [-0.2, -0.15) is 0 Å². The molecule has 1 heterocycles. The third kappa shape index (κ3) is 4.43. The molecule has 0 saturated heterocycles. The van der Waals surface area contributed by atoms with Gasteiger partial charge in [0.05, 0.1) is 18.7 Å². The number of esters is 1. The lowest BCUT2D eigenvalue weighted by Gasteiger charge is -2.20. The first kappa shape index (κ1) is 16.3. The molecule has 2 rings (SSSR count). The largest absolute Gasteiger partial charge is 0.466 e. The standard InChI is InChI=1S/C16H26N2O2S/c1-4-12-6-8-14(11(12)3)18-16-17-13(10-21-16)7-9-15(19)20-5-2/h10-12,14H,4-9H2,1-3H3,(H,17,18). The van der Waals surface area contributed by atoms with E-state index in [-0.39, 0.29) is 5.97 Å². The van der Waals surface area contributed by atoms with E-state index in [1.165, 1.54) is 19.3 Å². The van der Waals surface area contributed by atoms with Gasteiger partial charge in [0.2, 0.25) is 0 Å². The summed E-state index contributed by atoms with van der Waals surface area (Å²) in [6, 6.07) is 0.541. The summed E-state index contributed by atoms with van der Waals surface area (Å²) in [5.74, 6) is 1.41. The van der Waals surface area contributed by atoms with Crippen LogP contribution < -0.4 is 5.32 Å². The molecule has 0 aromatic carbocycles. The van der Waals surface area contributed by atoms with Crippen LogP contribution in [0.1, 0.15) is 52.1 Å². The third-order valence-corrected chi connectivity index (χ3v) is 5.32. The lowest BCUT2D eigenvalue weighted by Crippen LogP contribution is -2.24. The molecular formula is C16H26N2O2S. The van der Waals surface area contributed by atoms with E-state index in [1.54, 1.807) is 11.3 Å². The van der Waals surface area contributed by atoms with Crippen LogP contribution in [0.5, 0.6) is 0 Å². The highest BCUT2D eigenvalue weighted by Crippen LogP contribution is 2.36. The number of nitrogens with zero attached hydrogens (tertiary/aromatic N) is 1. The number of hydrogen-bond acceptors (Lipinski definition) is 5. The minimum atomic E-state index is -0.143. The predicted molar refractivity (Wildman–Crippen MR) is 86.7 cm³/mol. The van der Waals surface area contributed by atoms with Gasteiger partial charge in [0, 0.05) is 17.8 Å². The Morgan fingerprint density at radius 3 is 2.95 bits per heavy atom. The van der Waals surface area contributed by atoms with Crippen LogP contribution in [0.2, 0.25) is 0 Å². The van der Waals surface area contributed by atoms with Crippen molar-refractivity contribution in [2.45, 2.75) is 58.9 Å². The summed E-state index contributed by atoms with van der Waals surface area (Å²) in [5, 5.41) is 6.61. The molecular weight excluding hydrogens is 284 g/mol. The first-order valence-electron chi connectivity index (χ1n) is 8.00. The predicted octanol–water partition coefficient (Wildman–Crippen LogP) is 3.88. The van der Waals surface area contributed by atoms with Crippen LogP contribution in [0.4, 0.5) is 5.13 Å². The molecule has 1 aromatic heterocycles. The van der Waals surface area contributed by atoms with E-state index in [2.05, 4.69) is 24.1 Å². The molecule has 5 heteroatoms. The molecule has 1 aliphatic carbocycles. The van der Waals surface area contributed by atoms with E-state index in [0.29, 0.717) is 31.4 Å². The second kappa shape index (κ2) is 7.78. The fraction of sp³-hybridized carbons (Fsp3) is 0.750. The van der Waals surface area contributed by atoms with Gasteiger partial charge in [0.15, 0.2) is 5.13 Å². The van der Waals surface area contributed by atoms with Gasteiger partial charge in [-0.15, -0.1) is 11.3 Å². The Morgan fingerprint density at radius 1 is 1.48 bits per heavy atom. The van der Waals surface area contributed by atoms with Crippen molar-refractivity contribution in [1.29, 1.82) is 0 Å².